The van der Waals surface area contributed by atoms with E-state index in [-0.39, 0.29) is 0 Å². The number of nitrogens with two attached hydrogens (primary N) is 1. The number of nitrogens with one attached hydrogen (secondary N) is 2. The van der Waals surface area contributed by atoms with Gasteiger partial charge in [0.05, 0.1) is 18.9 Å². The monoisotopic (exact) mass is 311 g/mol. The molecule has 8 heteroatoms. The normalized spacial score (nSPS) is 15.0. The highest BCUT2D eigenvalue weighted by Crippen LogP contribution is 2.26. The summed E-state index contributed by atoms with van der Waals surface area (Å²) in [7, 11) is 0. The molecular weight excluding hydrogens is 294 g/mol. The minimum Gasteiger partial charge on any atom is -0.396 e. The zero-order valence-electron chi connectivity index (χ0n) is 12.5. The first-order valence-electron chi connectivity index (χ1n) is 7.46. The van der Waals surface area contributed by atoms with Crippen LogP contribution in [0.1, 0.15) is 0 Å². The summed E-state index contributed by atoms with van der Waals surface area (Å²) in [6.45, 7) is 3.11. The average Bonchev–Trinajstić information content (AvgIpc) is 3.05. The minimum atomic E-state index is 0.599. The van der Waals surface area contributed by atoms with Gasteiger partial charge in [-0.2, -0.15) is 15.4 Å². The number of anilines is 4. The van der Waals surface area contributed by atoms with Crippen LogP contribution >= 0.6 is 0 Å². The molecule has 3 aromatic rings. The van der Waals surface area contributed by atoms with Crippen LogP contribution in [0.15, 0.2) is 30.3 Å². The summed E-state index contributed by atoms with van der Waals surface area (Å²) in [6.07, 6.45) is 0. The quantitative estimate of drug-likeness (QED) is 0.673. The molecule has 0 spiro atoms. The Balaban J connectivity index is 1.61. The zero-order chi connectivity index (χ0) is 15.6. The Bertz CT molecular complexity index is 826. The van der Waals surface area contributed by atoms with Crippen molar-refractivity contribution in [1.29, 1.82) is 0 Å². The molecule has 3 heterocycles. The fourth-order valence-corrected chi connectivity index (χ4v) is 2.58. The van der Waals surface area contributed by atoms with Crippen molar-refractivity contribution in [2.75, 3.05) is 42.3 Å². The number of pyridine rings is 1. The van der Waals surface area contributed by atoms with Crippen LogP contribution in [-0.2, 0) is 4.74 Å². The molecule has 1 saturated heterocycles. The van der Waals surface area contributed by atoms with Gasteiger partial charge in [-0.3, -0.25) is 0 Å². The van der Waals surface area contributed by atoms with E-state index in [0.29, 0.717) is 11.5 Å². The molecule has 0 aliphatic carbocycles. The van der Waals surface area contributed by atoms with Crippen LogP contribution in [0.4, 0.5) is 23.0 Å². The molecule has 0 bridgehead atoms. The van der Waals surface area contributed by atoms with Gasteiger partial charge in [0.2, 0.25) is 0 Å². The Morgan fingerprint density at radius 1 is 1.09 bits per heavy atom. The van der Waals surface area contributed by atoms with Crippen LogP contribution in [0.3, 0.4) is 0 Å². The number of ether oxygens (including phenoxy) is 1. The maximum absolute atomic E-state index is 6.06. The van der Waals surface area contributed by atoms with Gasteiger partial charge in [-0.1, -0.05) is 0 Å². The summed E-state index contributed by atoms with van der Waals surface area (Å²) in [5.41, 5.74) is 9.13. The molecule has 1 aliphatic rings. The second-order valence-corrected chi connectivity index (χ2v) is 5.36. The predicted octanol–water partition coefficient (Wildman–Crippen LogP) is 1.52. The fraction of sp³-hybridized carbons (Fsp3) is 0.267. The molecule has 1 aliphatic heterocycles. The van der Waals surface area contributed by atoms with Gasteiger partial charge in [0.1, 0.15) is 16.9 Å². The van der Waals surface area contributed by atoms with Crippen molar-refractivity contribution in [3.8, 4) is 0 Å². The van der Waals surface area contributed by atoms with Crippen molar-refractivity contribution in [2.45, 2.75) is 0 Å². The van der Waals surface area contributed by atoms with E-state index in [2.05, 4.69) is 30.6 Å². The van der Waals surface area contributed by atoms with Crippen LogP contribution in [0, 0.1) is 0 Å². The number of morpholine rings is 1. The standard InChI is InChI=1S/C15H17N7O/c16-11-2-4-14(22-5-7-23-8-6-22)18-15(11)17-10-1-3-12-13(9-10)20-21-19-12/h1-4,9H,5-8,16H2,(H,17,18)(H,19,20,21). The molecule has 2 aromatic heterocycles. The second-order valence-electron chi connectivity index (χ2n) is 5.36. The molecule has 4 rings (SSSR count). The third kappa shape index (κ3) is 2.76. The third-order valence-electron chi connectivity index (χ3n) is 3.83. The number of benzene rings is 1. The Labute approximate surface area is 132 Å². The van der Waals surface area contributed by atoms with E-state index in [4.69, 9.17) is 10.5 Å². The Morgan fingerprint density at radius 3 is 2.78 bits per heavy atom. The molecule has 1 fully saturated rings. The SMILES string of the molecule is Nc1ccc(N2CCOCC2)nc1Nc1ccc2n[nH]nc2c1. The predicted molar refractivity (Wildman–Crippen MR) is 88.9 cm³/mol. The van der Waals surface area contributed by atoms with E-state index >= 15 is 0 Å². The van der Waals surface area contributed by atoms with Crippen LogP contribution < -0.4 is 16.0 Å². The van der Waals surface area contributed by atoms with Gasteiger partial charge in [0, 0.05) is 18.8 Å². The Hall–Kier alpha value is -2.87. The summed E-state index contributed by atoms with van der Waals surface area (Å²) >= 11 is 0. The molecule has 0 unspecified atom stereocenters. The van der Waals surface area contributed by atoms with Gasteiger partial charge in [-0.15, -0.1) is 0 Å². The second kappa shape index (κ2) is 5.73. The molecule has 0 amide bonds. The maximum atomic E-state index is 6.06. The Morgan fingerprint density at radius 2 is 1.91 bits per heavy atom. The average molecular weight is 311 g/mol. The zero-order valence-corrected chi connectivity index (χ0v) is 12.5. The summed E-state index contributed by atoms with van der Waals surface area (Å²) in [5.74, 6) is 1.53. The first-order chi connectivity index (χ1) is 11.3. The topological polar surface area (TPSA) is 105 Å². The number of rotatable bonds is 3. The molecule has 1 aromatic carbocycles. The number of hydrogen-bond donors (Lipinski definition) is 3. The number of aromatic amines is 1. The molecule has 23 heavy (non-hydrogen) atoms. The van der Waals surface area contributed by atoms with Gasteiger partial charge in [-0.05, 0) is 30.3 Å². The first-order valence-corrected chi connectivity index (χ1v) is 7.46. The molecule has 4 N–H and O–H groups in total. The number of fused-ring (bicyclic) bond motifs is 1. The van der Waals surface area contributed by atoms with Crippen molar-refractivity contribution < 1.29 is 4.74 Å². The summed E-state index contributed by atoms with van der Waals surface area (Å²) in [5, 5.41) is 14.0. The van der Waals surface area contributed by atoms with E-state index in [0.717, 1.165) is 48.8 Å². The van der Waals surface area contributed by atoms with Crippen LogP contribution in [-0.4, -0.2) is 46.7 Å². The smallest absolute Gasteiger partial charge is 0.156 e. The highest BCUT2D eigenvalue weighted by molar-refractivity contribution is 5.80. The van der Waals surface area contributed by atoms with E-state index in [1.54, 1.807) is 0 Å². The third-order valence-corrected chi connectivity index (χ3v) is 3.83. The molecule has 0 atom stereocenters. The van der Waals surface area contributed by atoms with Gasteiger partial charge in [0.15, 0.2) is 5.82 Å². The molecule has 0 radical (unpaired) electrons. The number of nitrogens with zero attached hydrogens (tertiary/aromatic N) is 4. The van der Waals surface area contributed by atoms with E-state index in [9.17, 15) is 0 Å². The van der Waals surface area contributed by atoms with Gasteiger partial charge in [-0.25, -0.2) is 4.98 Å². The van der Waals surface area contributed by atoms with Gasteiger partial charge >= 0.3 is 0 Å². The summed E-state index contributed by atoms with van der Waals surface area (Å²) < 4.78 is 5.38. The highest BCUT2D eigenvalue weighted by Gasteiger charge is 2.14. The Kier molecular flexibility index (Phi) is 3.43. The van der Waals surface area contributed by atoms with Crippen molar-refractivity contribution in [3.63, 3.8) is 0 Å². The first kappa shape index (κ1) is 13.8. The van der Waals surface area contributed by atoms with Crippen molar-refractivity contribution in [2.24, 2.45) is 0 Å². The lowest BCUT2D eigenvalue weighted by Gasteiger charge is -2.28. The largest absolute Gasteiger partial charge is 0.396 e. The van der Waals surface area contributed by atoms with Gasteiger partial charge < -0.3 is 20.7 Å². The molecule has 8 nitrogen and oxygen atoms in total. The van der Waals surface area contributed by atoms with E-state index < -0.39 is 0 Å². The lowest BCUT2D eigenvalue weighted by molar-refractivity contribution is 0.122. The van der Waals surface area contributed by atoms with Gasteiger partial charge in [0.25, 0.3) is 0 Å². The van der Waals surface area contributed by atoms with Crippen LogP contribution in [0.5, 0.6) is 0 Å². The van der Waals surface area contributed by atoms with E-state index in [1.807, 2.05) is 30.3 Å². The number of nitrogen functional groups attached to an aromatic ring is 1. The maximum Gasteiger partial charge on any atom is 0.156 e. The number of H-pyrrole nitrogens is 1. The minimum absolute atomic E-state index is 0.599. The van der Waals surface area contributed by atoms with Crippen LogP contribution in [0.25, 0.3) is 11.0 Å². The summed E-state index contributed by atoms with van der Waals surface area (Å²) in [4.78, 5) is 6.84. The van der Waals surface area contributed by atoms with Crippen LogP contribution in [0.2, 0.25) is 0 Å². The molecule has 0 saturated carbocycles. The lowest BCUT2D eigenvalue weighted by Crippen LogP contribution is -2.36. The highest BCUT2D eigenvalue weighted by atomic mass is 16.5. The number of aromatic nitrogens is 4. The molecular formula is C15H17N7O. The van der Waals surface area contributed by atoms with E-state index in [1.165, 1.54) is 0 Å². The van der Waals surface area contributed by atoms with Crippen molar-refractivity contribution >= 4 is 34.0 Å². The number of hydrogen-bond acceptors (Lipinski definition) is 7. The van der Waals surface area contributed by atoms with Crippen molar-refractivity contribution in [1.82, 2.24) is 20.4 Å². The fourth-order valence-electron chi connectivity index (χ4n) is 2.58. The summed E-state index contributed by atoms with van der Waals surface area (Å²) in [6, 6.07) is 9.53. The molecule has 118 valence electrons. The lowest BCUT2D eigenvalue weighted by atomic mass is 10.2. The van der Waals surface area contributed by atoms with Crippen molar-refractivity contribution in [3.05, 3.63) is 30.3 Å².